The third-order valence-electron chi connectivity index (χ3n) is 9.89. The summed E-state index contributed by atoms with van der Waals surface area (Å²) in [5, 5.41) is 0. The van der Waals surface area contributed by atoms with Crippen molar-refractivity contribution in [1.82, 2.24) is 15.0 Å². The minimum atomic E-state index is -2.79. The van der Waals surface area contributed by atoms with Crippen molar-refractivity contribution in [3.05, 3.63) is 235 Å². The maximum atomic E-state index is 9.61. The molecule has 3 nitrogen and oxygen atoms in total. The van der Waals surface area contributed by atoms with E-state index < -0.39 is 25.5 Å². The molecule has 0 saturated heterocycles. The lowest BCUT2D eigenvalue weighted by Crippen LogP contribution is -1.99. The van der Waals surface area contributed by atoms with E-state index in [9.17, 15) is 11.0 Å². The maximum absolute atomic E-state index is 9.61. The lowest BCUT2D eigenvalue weighted by molar-refractivity contribution is 0.923. The highest BCUT2D eigenvalue weighted by Gasteiger charge is 2.16. The van der Waals surface area contributed by atoms with Gasteiger partial charge in [0.1, 0.15) is 0 Å². The van der Waals surface area contributed by atoms with Crippen molar-refractivity contribution in [2.24, 2.45) is 0 Å². The molecule has 6 aromatic carbocycles. The Kier molecular flexibility index (Phi) is 8.40. The number of rotatable bonds is 12. The molecule has 0 fully saturated rings. The van der Waals surface area contributed by atoms with Gasteiger partial charge in [-0.05, 0) is 93.8 Å². The summed E-state index contributed by atoms with van der Waals surface area (Å²) < 4.78 is 76.0. The van der Waals surface area contributed by atoms with Gasteiger partial charge in [0.25, 0.3) is 0 Å². The number of benzene rings is 6. The van der Waals surface area contributed by atoms with E-state index in [1.54, 1.807) is 24.3 Å². The average Bonchev–Trinajstić information content (AvgIpc) is 3.37. The second-order valence-corrected chi connectivity index (χ2v) is 13.8. The van der Waals surface area contributed by atoms with E-state index in [1.807, 2.05) is 158 Å². The Hall–Kier alpha value is -7.23. The normalized spacial score (nSPS) is 14.1. The summed E-state index contributed by atoms with van der Waals surface area (Å²) in [6.07, 6.45) is -6.49. The molecule has 0 radical (unpaired) electrons. The first kappa shape index (κ1) is 28.2. The van der Waals surface area contributed by atoms with Crippen LogP contribution in [0.2, 0.25) is 0 Å². The molecule has 0 aliphatic carbocycles. The van der Waals surface area contributed by atoms with Crippen LogP contribution in [0.1, 0.15) is 33.2 Å². The zero-order valence-corrected chi connectivity index (χ0v) is 31.5. The summed E-state index contributed by atoms with van der Waals surface area (Å²) in [5.41, 5.74) is 8.39. The van der Waals surface area contributed by atoms with Crippen molar-refractivity contribution in [2.75, 3.05) is 0 Å². The molecule has 0 atom stereocenters. The smallest absolute Gasteiger partial charge is 0.0708 e. The van der Waals surface area contributed by atoms with E-state index in [2.05, 4.69) is 9.97 Å². The highest BCUT2D eigenvalue weighted by Crippen LogP contribution is 2.40. The molecule has 0 unspecified atom stereocenters. The number of nitrogens with zero attached hydrogens (tertiary/aromatic N) is 3. The van der Waals surface area contributed by atoms with Gasteiger partial charge in [-0.15, -0.1) is 0 Å². The van der Waals surface area contributed by atoms with Crippen LogP contribution in [-0.2, 0) is 25.5 Å². The van der Waals surface area contributed by atoms with Crippen LogP contribution in [0.5, 0.6) is 0 Å². The Bertz CT molecular complexity index is 2990. The van der Waals surface area contributed by atoms with Gasteiger partial charge in [-0.25, -0.2) is 0 Å². The van der Waals surface area contributed by atoms with Gasteiger partial charge in [-0.3, -0.25) is 15.0 Å². The lowest BCUT2D eigenvalue weighted by Gasteiger charge is -2.17. The van der Waals surface area contributed by atoms with E-state index in [1.165, 1.54) is 30.6 Å². The molecule has 0 saturated carbocycles. The van der Waals surface area contributed by atoms with E-state index in [-0.39, 0.29) is 22.3 Å². The predicted molar refractivity (Wildman–Crippen MR) is 240 cm³/mol. The van der Waals surface area contributed by atoms with Crippen LogP contribution in [0, 0.1) is 0 Å². The van der Waals surface area contributed by atoms with Crippen molar-refractivity contribution in [2.45, 2.75) is 25.5 Å². The van der Waals surface area contributed by atoms with Crippen molar-refractivity contribution < 1.29 is 11.0 Å². The third kappa shape index (κ3) is 8.45. The van der Waals surface area contributed by atoms with E-state index in [0.29, 0.717) is 28.1 Å². The van der Waals surface area contributed by atoms with Gasteiger partial charge >= 0.3 is 0 Å². The molecule has 58 heavy (non-hydrogen) atoms. The molecule has 9 aromatic rings. The molecule has 0 N–H and O–H groups in total. The van der Waals surface area contributed by atoms with Crippen LogP contribution in [-0.4, -0.2) is 15.0 Å². The first-order valence-corrected chi connectivity index (χ1v) is 19.2. The van der Waals surface area contributed by atoms with Gasteiger partial charge in [-0.1, -0.05) is 176 Å². The summed E-state index contributed by atoms with van der Waals surface area (Å²) in [4.78, 5) is 13.9. The molecule has 3 heterocycles. The van der Waals surface area contributed by atoms with Gasteiger partial charge in [0.05, 0.1) is 17.1 Å². The number of pyridine rings is 3. The van der Waals surface area contributed by atoms with Crippen molar-refractivity contribution in [3.63, 3.8) is 0 Å². The second kappa shape index (κ2) is 17.3. The SMILES string of the molecule is [2H]C([2H])(c1ccc(-c2ccccc2)nc1)C([2H])([2H])c1cc(-c2ccccc2-c2cnc(-c3ccccc3)cc2-c2ccccc2)cc(C([2H])([2H])C([2H])([2H])c2ccc(-c3ccccc3)nc2)c1. The number of aryl methyl sites for hydroxylation is 4. The minimum absolute atomic E-state index is 0.0143. The van der Waals surface area contributed by atoms with Crippen LogP contribution in [0.4, 0.5) is 0 Å². The standard InChI is InChI=1S/C55H43N3/c1-5-15-44(16-6-1)51-36-55(47-21-11-4-12-22-47)58-39-52(51)50-24-14-13-23-49(50)48-34-42(27-25-40-29-31-53(56-37-40)45-17-7-2-8-18-45)33-43(35-48)28-26-41-30-32-54(57-38-41)46-19-9-3-10-20-46/h1-24,29-39H,25-28H2/i25D2,26D2,27D2,28D2. The minimum Gasteiger partial charge on any atom is -0.256 e. The fourth-order valence-corrected chi connectivity index (χ4v) is 6.97. The third-order valence-corrected chi connectivity index (χ3v) is 9.89. The van der Waals surface area contributed by atoms with Gasteiger partial charge in [-0.2, -0.15) is 0 Å². The zero-order valence-electron chi connectivity index (χ0n) is 39.5. The molecule has 3 aromatic heterocycles. The van der Waals surface area contributed by atoms with E-state index in [4.69, 9.17) is 4.98 Å². The molecular weight excluding hydrogens is 703 g/mol. The Labute approximate surface area is 352 Å². The van der Waals surface area contributed by atoms with Crippen LogP contribution < -0.4 is 0 Å². The van der Waals surface area contributed by atoms with Gasteiger partial charge in [0, 0.05) is 51.8 Å². The van der Waals surface area contributed by atoms with Crippen molar-refractivity contribution in [1.29, 1.82) is 0 Å². The highest BCUT2D eigenvalue weighted by atomic mass is 14.7. The number of hydrogen-bond acceptors (Lipinski definition) is 3. The van der Waals surface area contributed by atoms with Crippen molar-refractivity contribution in [3.8, 4) is 67.2 Å². The van der Waals surface area contributed by atoms with E-state index in [0.717, 1.165) is 39.1 Å². The Morgan fingerprint density at radius 2 is 0.690 bits per heavy atom. The van der Waals surface area contributed by atoms with Crippen LogP contribution >= 0.6 is 0 Å². The quantitative estimate of drug-likeness (QED) is 0.125. The first-order valence-electron chi connectivity index (χ1n) is 23.2. The van der Waals surface area contributed by atoms with Gasteiger partial charge in [0.2, 0.25) is 0 Å². The summed E-state index contributed by atoms with van der Waals surface area (Å²) in [6.45, 7) is 0. The predicted octanol–water partition coefficient (Wildman–Crippen LogP) is 13.4. The molecular formula is C55H43N3. The largest absolute Gasteiger partial charge is 0.256 e. The molecule has 278 valence electrons. The van der Waals surface area contributed by atoms with Crippen LogP contribution in [0.25, 0.3) is 67.2 Å². The molecule has 0 bridgehead atoms. The molecule has 0 spiro atoms. The number of aromatic nitrogens is 3. The summed E-state index contributed by atoms with van der Waals surface area (Å²) in [7, 11) is 0. The highest BCUT2D eigenvalue weighted by molar-refractivity contribution is 5.92. The second-order valence-electron chi connectivity index (χ2n) is 13.8. The lowest BCUT2D eigenvalue weighted by atomic mass is 9.88. The van der Waals surface area contributed by atoms with Crippen LogP contribution in [0.3, 0.4) is 0 Å². The topological polar surface area (TPSA) is 38.7 Å². The molecule has 0 aliphatic heterocycles. The summed E-state index contributed by atoms with van der Waals surface area (Å²) >= 11 is 0. The fourth-order valence-electron chi connectivity index (χ4n) is 6.97. The van der Waals surface area contributed by atoms with Crippen molar-refractivity contribution >= 4 is 0 Å². The maximum Gasteiger partial charge on any atom is 0.0708 e. The molecule has 3 heteroatoms. The van der Waals surface area contributed by atoms with Gasteiger partial charge in [0.15, 0.2) is 0 Å². The zero-order chi connectivity index (χ0) is 46.1. The molecule has 0 aliphatic rings. The number of hydrogen-bond donors (Lipinski definition) is 0. The van der Waals surface area contributed by atoms with E-state index >= 15 is 0 Å². The Morgan fingerprint density at radius 3 is 1.17 bits per heavy atom. The summed E-state index contributed by atoms with van der Waals surface area (Å²) in [5.74, 6) is 0. The average molecular weight is 754 g/mol. The fraction of sp³-hybridized carbons (Fsp3) is 0.0727. The van der Waals surface area contributed by atoms with Gasteiger partial charge < -0.3 is 0 Å². The monoisotopic (exact) mass is 753 g/mol. The Balaban J connectivity index is 1.21. The van der Waals surface area contributed by atoms with Crippen LogP contribution in [0.15, 0.2) is 213 Å². The first-order chi connectivity index (χ1) is 31.8. The molecule has 0 amide bonds. The Morgan fingerprint density at radius 1 is 0.276 bits per heavy atom. The summed E-state index contributed by atoms with van der Waals surface area (Å²) in [6, 6.07) is 58.8. The molecule has 9 rings (SSSR count).